The summed E-state index contributed by atoms with van der Waals surface area (Å²) in [5, 5.41) is 0. The minimum Gasteiger partial charge on any atom is -0.0654 e. The van der Waals surface area contributed by atoms with Crippen LogP contribution in [0, 0.1) is 24.7 Å². The molecule has 0 aromatic rings. The van der Waals surface area contributed by atoms with E-state index in [1.165, 1.54) is 25.7 Å². The van der Waals surface area contributed by atoms with Gasteiger partial charge in [-0.15, -0.1) is 0 Å². The molecule has 0 rings (SSSR count). The molecule has 0 saturated heterocycles. The Morgan fingerprint density at radius 2 is 1.67 bits per heavy atom. The fourth-order valence-electron chi connectivity index (χ4n) is 1.54. The second-order valence-corrected chi connectivity index (χ2v) is 4.31. The lowest BCUT2D eigenvalue weighted by molar-refractivity contribution is 0.294. The first-order valence-electron chi connectivity index (χ1n) is 5.42. The predicted octanol–water partition coefficient (Wildman–Crippen LogP) is 4.31. The van der Waals surface area contributed by atoms with Crippen molar-refractivity contribution in [2.24, 2.45) is 17.8 Å². The van der Waals surface area contributed by atoms with E-state index in [1.54, 1.807) is 0 Å². The number of hydrogen-bond donors (Lipinski definition) is 0. The second kappa shape index (κ2) is 6.51. The minimum absolute atomic E-state index is 0.599. The van der Waals surface area contributed by atoms with Crippen LogP contribution in [0.1, 0.15) is 53.4 Å². The Hall–Kier alpha value is 0. The van der Waals surface area contributed by atoms with Crippen molar-refractivity contribution >= 4 is 0 Å². The lowest BCUT2D eigenvalue weighted by Crippen LogP contribution is -2.14. The molecule has 0 N–H and O–H groups in total. The molecule has 0 bridgehead atoms. The van der Waals surface area contributed by atoms with Crippen LogP contribution in [-0.2, 0) is 0 Å². The standard InChI is InChI=1S/C12H25/c1-6-7-8-9-11(4)12(5)10(2)3/h10-12H,2,6-9H2,1,3-5H3. The number of rotatable bonds is 6. The second-order valence-electron chi connectivity index (χ2n) is 4.31. The van der Waals surface area contributed by atoms with Gasteiger partial charge in [-0.1, -0.05) is 60.3 Å². The third kappa shape index (κ3) is 4.79. The van der Waals surface area contributed by atoms with Crippen molar-refractivity contribution < 1.29 is 0 Å². The molecule has 0 saturated carbocycles. The molecule has 0 nitrogen and oxygen atoms in total. The van der Waals surface area contributed by atoms with Crippen LogP contribution < -0.4 is 0 Å². The van der Waals surface area contributed by atoms with Crippen molar-refractivity contribution in [1.82, 2.24) is 0 Å². The van der Waals surface area contributed by atoms with E-state index in [2.05, 4.69) is 34.6 Å². The van der Waals surface area contributed by atoms with E-state index in [-0.39, 0.29) is 0 Å². The highest BCUT2D eigenvalue weighted by Crippen LogP contribution is 2.24. The van der Waals surface area contributed by atoms with Crippen molar-refractivity contribution in [2.45, 2.75) is 53.4 Å². The molecule has 0 aliphatic heterocycles. The first-order chi connectivity index (χ1) is 5.59. The third-order valence-corrected chi connectivity index (χ3v) is 3.06. The first kappa shape index (κ1) is 12.0. The third-order valence-electron chi connectivity index (χ3n) is 3.06. The van der Waals surface area contributed by atoms with Gasteiger partial charge < -0.3 is 0 Å². The normalized spacial score (nSPS) is 16.5. The maximum absolute atomic E-state index is 4.09. The van der Waals surface area contributed by atoms with Crippen molar-refractivity contribution in [1.29, 1.82) is 0 Å². The smallest absolute Gasteiger partial charge is 0.0391 e. The van der Waals surface area contributed by atoms with Gasteiger partial charge in [-0.3, -0.25) is 0 Å². The molecule has 3 unspecified atom stereocenters. The van der Waals surface area contributed by atoms with Crippen LogP contribution in [0.4, 0.5) is 0 Å². The molecule has 0 heteroatoms. The fourth-order valence-corrected chi connectivity index (χ4v) is 1.54. The van der Waals surface area contributed by atoms with Crippen LogP contribution in [0.2, 0.25) is 0 Å². The highest BCUT2D eigenvalue weighted by Gasteiger charge is 2.14. The monoisotopic (exact) mass is 169 g/mol. The number of hydrogen-bond acceptors (Lipinski definition) is 0. The van der Waals surface area contributed by atoms with Crippen LogP contribution in [0.5, 0.6) is 0 Å². The zero-order valence-electron chi connectivity index (χ0n) is 9.27. The Morgan fingerprint density at radius 3 is 2.08 bits per heavy atom. The quantitative estimate of drug-likeness (QED) is 0.520. The molecular weight excluding hydrogens is 144 g/mol. The summed E-state index contributed by atoms with van der Waals surface area (Å²) in [5.41, 5.74) is 0. The van der Waals surface area contributed by atoms with Crippen LogP contribution in [-0.4, -0.2) is 0 Å². The van der Waals surface area contributed by atoms with Crippen molar-refractivity contribution in [3.8, 4) is 0 Å². The van der Waals surface area contributed by atoms with Gasteiger partial charge >= 0.3 is 0 Å². The summed E-state index contributed by atoms with van der Waals surface area (Å²) in [6.45, 7) is 13.3. The molecule has 0 aliphatic rings. The van der Waals surface area contributed by atoms with Gasteiger partial charge in [-0.05, 0) is 17.8 Å². The maximum Gasteiger partial charge on any atom is -0.0391 e. The summed E-state index contributed by atoms with van der Waals surface area (Å²) in [6, 6.07) is 0. The Balaban J connectivity index is 3.49. The highest BCUT2D eigenvalue weighted by molar-refractivity contribution is 4.69. The Morgan fingerprint density at radius 1 is 1.08 bits per heavy atom. The molecule has 0 amide bonds. The van der Waals surface area contributed by atoms with Crippen LogP contribution in [0.15, 0.2) is 0 Å². The molecule has 3 atom stereocenters. The van der Waals surface area contributed by atoms with E-state index >= 15 is 0 Å². The summed E-state index contributed by atoms with van der Waals surface area (Å²) >= 11 is 0. The zero-order chi connectivity index (χ0) is 9.56. The topological polar surface area (TPSA) is 0 Å². The Kier molecular flexibility index (Phi) is 6.51. The Labute approximate surface area is 78.8 Å². The van der Waals surface area contributed by atoms with Gasteiger partial charge in [0.15, 0.2) is 0 Å². The summed E-state index contributed by atoms with van der Waals surface area (Å²) in [4.78, 5) is 0. The lowest BCUT2D eigenvalue weighted by atomic mass is 9.83. The minimum atomic E-state index is 0.599. The summed E-state index contributed by atoms with van der Waals surface area (Å²) in [6.07, 6.45) is 5.51. The molecule has 73 valence electrons. The van der Waals surface area contributed by atoms with E-state index in [0.29, 0.717) is 5.92 Å². The fraction of sp³-hybridized carbons (Fsp3) is 0.917. The molecule has 0 aliphatic carbocycles. The van der Waals surface area contributed by atoms with Crippen LogP contribution in [0.25, 0.3) is 0 Å². The molecule has 0 fully saturated rings. The average Bonchev–Trinajstić information content (AvgIpc) is 2.03. The van der Waals surface area contributed by atoms with Crippen molar-refractivity contribution in [2.75, 3.05) is 0 Å². The zero-order valence-corrected chi connectivity index (χ0v) is 9.27. The van der Waals surface area contributed by atoms with Crippen molar-refractivity contribution in [3.05, 3.63) is 6.92 Å². The molecule has 0 spiro atoms. The van der Waals surface area contributed by atoms with Gasteiger partial charge in [0.2, 0.25) is 0 Å². The average molecular weight is 169 g/mol. The molecular formula is C12H25. The summed E-state index contributed by atoms with van der Waals surface area (Å²) in [7, 11) is 0. The highest BCUT2D eigenvalue weighted by atomic mass is 14.2. The van der Waals surface area contributed by atoms with Gasteiger partial charge in [-0.2, -0.15) is 0 Å². The predicted molar refractivity (Wildman–Crippen MR) is 57.0 cm³/mol. The SMILES string of the molecule is [CH2]C(C)C(C)C(C)CCCCC. The van der Waals surface area contributed by atoms with Crippen LogP contribution >= 0.6 is 0 Å². The molecule has 0 heterocycles. The van der Waals surface area contributed by atoms with Gasteiger partial charge in [0.05, 0.1) is 0 Å². The largest absolute Gasteiger partial charge is 0.0654 e. The van der Waals surface area contributed by atoms with Gasteiger partial charge in [0, 0.05) is 0 Å². The first-order valence-corrected chi connectivity index (χ1v) is 5.42. The van der Waals surface area contributed by atoms with Gasteiger partial charge in [-0.25, -0.2) is 0 Å². The summed E-state index contributed by atoms with van der Waals surface area (Å²) in [5.74, 6) is 2.23. The molecule has 0 aromatic heterocycles. The molecule has 12 heavy (non-hydrogen) atoms. The molecule has 0 aromatic carbocycles. The van der Waals surface area contributed by atoms with Crippen LogP contribution in [0.3, 0.4) is 0 Å². The molecule has 1 radical (unpaired) electrons. The van der Waals surface area contributed by atoms with Gasteiger partial charge in [0.1, 0.15) is 0 Å². The van der Waals surface area contributed by atoms with E-state index in [9.17, 15) is 0 Å². The van der Waals surface area contributed by atoms with E-state index in [1.807, 2.05) is 0 Å². The van der Waals surface area contributed by atoms with E-state index in [4.69, 9.17) is 0 Å². The number of unbranched alkanes of at least 4 members (excludes halogenated alkanes) is 2. The van der Waals surface area contributed by atoms with E-state index < -0.39 is 0 Å². The Bertz CT molecular complexity index is 94.2. The van der Waals surface area contributed by atoms with Gasteiger partial charge in [0.25, 0.3) is 0 Å². The van der Waals surface area contributed by atoms with E-state index in [0.717, 1.165) is 11.8 Å². The summed E-state index contributed by atoms with van der Waals surface area (Å²) < 4.78 is 0. The van der Waals surface area contributed by atoms with Crippen molar-refractivity contribution in [3.63, 3.8) is 0 Å². The lowest BCUT2D eigenvalue weighted by Gasteiger charge is -2.23. The maximum atomic E-state index is 4.09.